The molecule has 0 radical (unpaired) electrons. The van der Waals surface area contributed by atoms with E-state index in [4.69, 9.17) is 24.2 Å². The van der Waals surface area contributed by atoms with Crippen molar-refractivity contribution < 1.29 is 123 Å². The fourth-order valence-electron chi connectivity index (χ4n) is 8.04. The molecule has 2 aromatic heterocycles. The number of sulfonamides is 2. The average molecular weight is 1350 g/mol. The number of halogens is 3. The Morgan fingerprint density at radius 1 is 0.605 bits per heavy atom. The van der Waals surface area contributed by atoms with Crippen molar-refractivity contribution in [3.63, 3.8) is 0 Å². The van der Waals surface area contributed by atoms with E-state index >= 15 is 0 Å². The maximum atomic E-state index is 12.7. The predicted octanol–water partition coefficient (Wildman–Crippen LogP) is 2.35. The van der Waals surface area contributed by atoms with Gasteiger partial charge < -0.3 is 23.8 Å². The number of primary sulfonamides is 1. The third-order valence-corrected chi connectivity index (χ3v) is 13.2. The van der Waals surface area contributed by atoms with Gasteiger partial charge in [-0.3, -0.25) is 33.4 Å². The molecule has 33 heteroatoms. The summed E-state index contributed by atoms with van der Waals surface area (Å²) in [7, 11) is -12.4. The molecule has 0 bridgehead atoms. The Morgan fingerprint density at radius 2 is 0.965 bits per heavy atom. The minimum absolute atomic E-state index is 0. The van der Waals surface area contributed by atoms with Crippen molar-refractivity contribution >= 4 is 129 Å². The van der Waals surface area contributed by atoms with Crippen molar-refractivity contribution in [3.8, 4) is 50.9 Å². The number of aromatic amines is 2. The van der Waals surface area contributed by atoms with Crippen LogP contribution in [-0.2, 0) is 50.2 Å². The quantitative estimate of drug-likeness (QED) is 0.0361. The van der Waals surface area contributed by atoms with Crippen LogP contribution in [-0.4, -0.2) is 140 Å². The van der Waals surface area contributed by atoms with Gasteiger partial charge in [0.05, 0.1) is 38.1 Å². The summed E-state index contributed by atoms with van der Waals surface area (Å²) in [5.41, 5.74) is -2.22. The molecule has 2 heterocycles. The molecule has 0 aliphatic heterocycles. The molecule has 8 aromatic rings. The molecule has 86 heavy (non-hydrogen) atoms. The summed E-state index contributed by atoms with van der Waals surface area (Å²) in [4.78, 5) is 61.6. The summed E-state index contributed by atoms with van der Waals surface area (Å²) in [6, 6.07) is 29.8. The molecule has 0 aliphatic rings. The number of nitrogens with zero attached hydrogens (tertiary/aromatic N) is 2. The van der Waals surface area contributed by atoms with Crippen LogP contribution >= 0.6 is 8.25 Å². The molecule has 1 atom stereocenters. The van der Waals surface area contributed by atoms with Gasteiger partial charge in [0, 0.05) is 52.5 Å². The monoisotopic (exact) mass is 1350 g/mol. The third kappa shape index (κ3) is 22.4. The summed E-state index contributed by atoms with van der Waals surface area (Å²) >= 11 is 2.50. The van der Waals surface area contributed by atoms with Gasteiger partial charge in [-0.25, -0.2) is 36.2 Å². The number of hydrogen-bond donors (Lipinski definition) is 4. The number of fused-ring (bicyclic) bond motifs is 2. The van der Waals surface area contributed by atoms with E-state index in [0.29, 0.717) is 50.5 Å². The van der Waals surface area contributed by atoms with E-state index in [1.165, 1.54) is 116 Å². The molecule has 6 aromatic carbocycles. The van der Waals surface area contributed by atoms with Gasteiger partial charge in [0.25, 0.3) is 11.1 Å². The minimum atomic E-state index is -5.80. The van der Waals surface area contributed by atoms with E-state index in [-0.39, 0.29) is 56.8 Å². The van der Waals surface area contributed by atoms with Crippen LogP contribution in [0.2, 0.25) is 0 Å². The number of alkyl halides is 3. The number of aromatic nitrogens is 4. The van der Waals surface area contributed by atoms with Crippen LogP contribution in [0.1, 0.15) is 52.7 Å². The number of ether oxygens (including phenoxy) is 2. The van der Waals surface area contributed by atoms with Crippen molar-refractivity contribution in [1.29, 1.82) is 0 Å². The van der Waals surface area contributed by atoms with Gasteiger partial charge in [-0.15, -0.1) is 0 Å². The molecule has 0 saturated carbocycles. The first kappa shape index (κ1) is 77.1. The van der Waals surface area contributed by atoms with E-state index in [0.717, 1.165) is 51.6 Å². The molecule has 446 valence electrons. The van der Waals surface area contributed by atoms with E-state index < -0.39 is 77.6 Å². The molecule has 0 fully saturated rings. The normalized spacial score (nSPS) is 11.8. The Labute approximate surface area is 581 Å². The molecular formula is C53H55F3K3N6O17PS3. The second-order valence-electron chi connectivity index (χ2n) is 20.1. The van der Waals surface area contributed by atoms with Crippen molar-refractivity contribution in [3.05, 3.63) is 174 Å². The number of anilines is 1. The molecular weight excluding hydrogens is 1290 g/mol. The number of benzene rings is 6. The summed E-state index contributed by atoms with van der Waals surface area (Å²) in [5.74, 6) is 0.761. The van der Waals surface area contributed by atoms with Gasteiger partial charge in [-0.05, 0) is 109 Å². The molecule has 0 spiro atoms. The molecule has 0 saturated heterocycles. The summed E-state index contributed by atoms with van der Waals surface area (Å²) in [5, 5.41) is 15.7. The van der Waals surface area contributed by atoms with Gasteiger partial charge >= 0.3 is 150 Å². The number of H-pyrrole nitrogens is 2. The van der Waals surface area contributed by atoms with Crippen molar-refractivity contribution in [2.75, 3.05) is 31.5 Å². The molecule has 0 amide bonds. The molecule has 8 rings (SSSR count). The first-order chi connectivity index (χ1) is 39.2. The SMILES string of the molecule is COc1c(-c2ccc3cc(NS(C)(=O)=O)ccc3c2)cc(-n2ccc(=O)[nH]c2=O)cc1C(C)(C)C.COc1c(-c2ccc3cc(OS(=O)(=O)C(F)(F)F)ccc3c2)cc(-n2ccc(=O)[nH]c2=O)cc1C(C)(C)C.CS(N)(=O)=O.O=[P+]([O-])O[O-].[K+].[K][K]. The second-order valence-corrected chi connectivity index (χ2v) is 25.6. The van der Waals surface area contributed by atoms with Gasteiger partial charge in [0.15, 0.2) is 0 Å². The Balaban J connectivity index is 0.000000376. The maximum absolute atomic E-state index is 12.7. The van der Waals surface area contributed by atoms with Crippen LogP contribution in [0.4, 0.5) is 18.9 Å². The second kappa shape index (κ2) is 32.3. The van der Waals surface area contributed by atoms with E-state index in [9.17, 15) is 57.6 Å². The van der Waals surface area contributed by atoms with Crippen LogP contribution in [0.3, 0.4) is 0 Å². The summed E-state index contributed by atoms with van der Waals surface area (Å²) < 4.78 is 135. The Bertz CT molecular complexity index is 4380. The summed E-state index contributed by atoms with van der Waals surface area (Å²) in [6.45, 7) is 12.1. The van der Waals surface area contributed by atoms with Gasteiger partial charge in [0.2, 0.25) is 20.0 Å². The number of nitrogens with one attached hydrogen (secondary N) is 3. The standard InChI is InChI=1S/C26H23F3N2O6S.C26H27N3O5S.CH5NO2S.3K.HO4P/c1-25(2,3)21-14-18(31-10-9-22(32)30-24(31)33)13-20(23(21)36-4)17-6-5-16-12-19(8-7-15(16)11-17)37-38(34,35)26(27,28)29;1-26(2,3)22-15-20(29-11-10-23(30)27-25(29)31)14-21(24(22)34-4)18-7-6-17-13-19(28-35(5,32)33)9-8-16(17)12-18;1-5(2,3)4;;;;1-4-5(2)3/h5-14H,1-4H3,(H,30,32,33);6-15,28H,1-5H3,(H,27,30,31);1H3,(H2,2,3,4);;;;1H/q;;;;;+1;/p-1. The zero-order valence-electron chi connectivity index (χ0n) is 48.8. The fraction of sp³-hybridized carbons (Fsp3) is 0.245. The molecule has 1 unspecified atom stereocenters. The van der Waals surface area contributed by atoms with Crippen LogP contribution < -0.4 is 108 Å². The van der Waals surface area contributed by atoms with Crippen molar-refractivity contribution in [1.82, 2.24) is 19.1 Å². The summed E-state index contributed by atoms with van der Waals surface area (Å²) in [6.07, 6.45) is 4.87. The fourth-order valence-corrected chi connectivity index (χ4v) is 9.04. The number of rotatable bonds is 11. The molecule has 0 aliphatic carbocycles. The van der Waals surface area contributed by atoms with Crippen molar-refractivity contribution in [2.24, 2.45) is 5.14 Å². The number of methoxy groups -OCH3 is 2. The van der Waals surface area contributed by atoms with Gasteiger partial charge in [-0.2, -0.15) is 21.6 Å². The van der Waals surface area contributed by atoms with Crippen molar-refractivity contribution in [2.45, 2.75) is 57.9 Å². The predicted molar refractivity (Wildman–Crippen MR) is 315 cm³/mol. The zero-order valence-corrected chi connectivity index (χ0v) is 61.5. The molecule has 23 nitrogen and oxygen atoms in total. The van der Waals surface area contributed by atoms with E-state index in [1.54, 1.807) is 49.6 Å². The Kier molecular flexibility index (Phi) is 28.9. The first-order valence-corrected chi connectivity index (χ1v) is 47.2. The van der Waals surface area contributed by atoms with Crippen LogP contribution in [0.25, 0.3) is 55.2 Å². The van der Waals surface area contributed by atoms with Crippen LogP contribution in [0.5, 0.6) is 17.2 Å². The third-order valence-electron chi connectivity index (χ3n) is 11.5. The number of nitrogens with two attached hydrogens (primary N) is 1. The zero-order chi connectivity index (χ0) is 64.4. The topological polar surface area (TPSA) is 350 Å². The Morgan fingerprint density at radius 3 is 1.30 bits per heavy atom. The van der Waals surface area contributed by atoms with Crippen LogP contribution in [0, 0.1) is 0 Å². The van der Waals surface area contributed by atoms with Gasteiger partial charge in [-0.1, -0.05) is 77.9 Å². The first-order valence-electron chi connectivity index (χ1n) is 24.8. The molecule has 5 N–H and O–H groups in total. The van der Waals surface area contributed by atoms with E-state index in [1.807, 2.05) is 57.2 Å². The number of hydrogen-bond acceptors (Lipinski definition) is 17. The van der Waals surface area contributed by atoms with Crippen LogP contribution in [0.15, 0.2) is 141 Å². The van der Waals surface area contributed by atoms with Gasteiger partial charge in [0.1, 0.15) is 17.2 Å². The Hall–Kier alpha value is -3.11. The average Bonchev–Trinajstić information content (AvgIpc) is 0.835. The van der Waals surface area contributed by atoms with E-state index in [2.05, 4.69) is 49.5 Å².